The highest BCUT2D eigenvalue weighted by atomic mass is 16.2. The zero-order chi connectivity index (χ0) is 16.8. The van der Waals surface area contributed by atoms with Gasteiger partial charge in [-0.1, -0.05) is 0 Å². The summed E-state index contributed by atoms with van der Waals surface area (Å²) in [6, 6.07) is 5.36. The highest BCUT2D eigenvalue weighted by Gasteiger charge is 2.38. The Balaban J connectivity index is 1.79. The first kappa shape index (κ1) is 15.5. The second-order valence-corrected chi connectivity index (χ2v) is 6.64. The molecule has 0 aliphatic carbocycles. The fraction of sp³-hybridized carbons (Fsp3) is 0.471. The van der Waals surface area contributed by atoms with E-state index in [1.807, 2.05) is 19.9 Å². The van der Waals surface area contributed by atoms with E-state index in [2.05, 4.69) is 5.32 Å². The molecule has 23 heavy (non-hydrogen) atoms. The van der Waals surface area contributed by atoms with Crippen LogP contribution in [0.25, 0.3) is 0 Å². The van der Waals surface area contributed by atoms with E-state index < -0.39 is 5.41 Å². The highest BCUT2D eigenvalue weighted by Crippen LogP contribution is 2.37. The predicted octanol–water partition coefficient (Wildman–Crippen LogP) is 1.22. The number of hydrogen-bond acceptors (Lipinski definition) is 3. The van der Waals surface area contributed by atoms with Crippen LogP contribution in [0.5, 0.6) is 0 Å². The van der Waals surface area contributed by atoms with Crippen LogP contribution in [0.15, 0.2) is 18.2 Å². The van der Waals surface area contributed by atoms with Gasteiger partial charge in [-0.3, -0.25) is 14.4 Å². The minimum absolute atomic E-state index is 0.0426. The van der Waals surface area contributed by atoms with Gasteiger partial charge in [0, 0.05) is 44.4 Å². The van der Waals surface area contributed by atoms with Gasteiger partial charge in [-0.25, -0.2) is 0 Å². The number of rotatable bonds is 1. The molecule has 1 aromatic carbocycles. The van der Waals surface area contributed by atoms with Gasteiger partial charge in [0.1, 0.15) is 0 Å². The number of nitrogens with one attached hydrogen (secondary N) is 1. The summed E-state index contributed by atoms with van der Waals surface area (Å²) in [6.45, 7) is 7.47. The summed E-state index contributed by atoms with van der Waals surface area (Å²) in [7, 11) is 0. The summed E-state index contributed by atoms with van der Waals surface area (Å²) < 4.78 is 0. The Labute approximate surface area is 135 Å². The fourth-order valence-corrected chi connectivity index (χ4v) is 3.11. The van der Waals surface area contributed by atoms with E-state index >= 15 is 0 Å². The monoisotopic (exact) mass is 315 g/mol. The van der Waals surface area contributed by atoms with Gasteiger partial charge >= 0.3 is 0 Å². The first-order valence-corrected chi connectivity index (χ1v) is 7.81. The average Bonchev–Trinajstić information content (AvgIpc) is 2.76. The van der Waals surface area contributed by atoms with Crippen LogP contribution in [0.4, 0.5) is 5.69 Å². The maximum atomic E-state index is 12.7. The Hall–Kier alpha value is -2.37. The molecule has 0 aromatic heterocycles. The summed E-state index contributed by atoms with van der Waals surface area (Å²) in [6.07, 6.45) is 0. The molecular formula is C17H21N3O3. The maximum absolute atomic E-state index is 12.7. The Kier molecular flexibility index (Phi) is 3.62. The third-order valence-corrected chi connectivity index (χ3v) is 4.77. The molecule has 2 aliphatic rings. The third-order valence-electron chi connectivity index (χ3n) is 4.77. The molecular weight excluding hydrogens is 294 g/mol. The van der Waals surface area contributed by atoms with Gasteiger partial charge in [0.25, 0.3) is 5.91 Å². The van der Waals surface area contributed by atoms with E-state index in [1.54, 1.807) is 28.9 Å². The standard InChI is InChI=1S/C17H21N3O3/c1-11(21)19-6-8-20(9-7-19)15(22)12-4-5-14-13(10-12)17(2,3)16(23)18-14/h4-5,10H,6-9H2,1-3H3,(H,18,23). The number of benzene rings is 1. The van der Waals surface area contributed by atoms with E-state index in [9.17, 15) is 14.4 Å². The molecule has 1 N–H and O–H groups in total. The van der Waals surface area contributed by atoms with Crippen molar-refractivity contribution < 1.29 is 14.4 Å². The summed E-state index contributed by atoms with van der Waals surface area (Å²) in [5.41, 5.74) is 1.59. The van der Waals surface area contributed by atoms with Crippen LogP contribution in [0.1, 0.15) is 36.7 Å². The number of anilines is 1. The SMILES string of the molecule is CC(=O)N1CCN(C(=O)c2ccc3c(c2)C(C)(C)C(=O)N3)CC1. The molecule has 3 rings (SSSR count). The van der Waals surface area contributed by atoms with Crippen LogP contribution in [0, 0.1) is 0 Å². The molecule has 3 amide bonds. The first-order chi connectivity index (χ1) is 10.8. The van der Waals surface area contributed by atoms with Crippen LogP contribution >= 0.6 is 0 Å². The molecule has 122 valence electrons. The molecule has 0 radical (unpaired) electrons. The molecule has 2 aliphatic heterocycles. The second kappa shape index (κ2) is 5.37. The van der Waals surface area contributed by atoms with Crippen LogP contribution in [0.3, 0.4) is 0 Å². The first-order valence-electron chi connectivity index (χ1n) is 7.81. The molecule has 0 saturated carbocycles. The minimum Gasteiger partial charge on any atom is -0.339 e. The van der Waals surface area contributed by atoms with Crippen molar-refractivity contribution >= 4 is 23.4 Å². The molecule has 0 spiro atoms. The molecule has 0 atom stereocenters. The molecule has 1 aromatic rings. The van der Waals surface area contributed by atoms with Gasteiger partial charge in [0.2, 0.25) is 11.8 Å². The van der Waals surface area contributed by atoms with Gasteiger partial charge < -0.3 is 15.1 Å². The molecule has 0 unspecified atom stereocenters. The van der Waals surface area contributed by atoms with E-state index in [0.717, 1.165) is 11.3 Å². The van der Waals surface area contributed by atoms with E-state index in [1.165, 1.54) is 0 Å². The van der Waals surface area contributed by atoms with Crippen molar-refractivity contribution in [1.29, 1.82) is 0 Å². The van der Waals surface area contributed by atoms with Gasteiger partial charge in [-0.2, -0.15) is 0 Å². The topological polar surface area (TPSA) is 69.7 Å². The van der Waals surface area contributed by atoms with Crippen molar-refractivity contribution in [2.24, 2.45) is 0 Å². The Morgan fingerprint density at radius 3 is 2.30 bits per heavy atom. The molecule has 2 heterocycles. The van der Waals surface area contributed by atoms with Crippen molar-refractivity contribution in [2.75, 3.05) is 31.5 Å². The lowest BCUT2D eigenvalue weighted by molar-refractivity contribution is -0.130. The molecule has 1 saturated heterocycles. The fourth-order valence-electron chi connectivity index (χ4n) is 3.11. The van der Waals surface area contributed by atoms with E-state index in [-0.39, 0.29) is 17.7 Å². The van der Waals surface area contributed by atoms with Crippen LogP contribution in [-0.4, -0.2) is 53.7 Å². The van der Waals surface area contributed by atoms with Crippen molar-refractivity contribution in [1.82, 2.24) is 9.80 Å². The van der Waals surface area contributed by atoms with Crippen LogP contribution in [-0.2, 0) is 15.0 Å². The van der Waals surface area contributed by atoms with Gasteiger partial charge in [-0.15, -0.1) is 0 Å². The average molecular weight is 315 g/mol. The summed E-state index contributed by atoms with van der Waals surface area (Å²) in [4.78, 5) is 39.5. The lowest BCUT2D eigenvalue weighted by Crippen LogP contribution is -2.50. The summed E-state index contributed by atoms with van der Waals surface area (Å²) in [5.74, 6) is -0.0562. The normalized spacial score (nSPS) is 19.3. The Morgan fingerprint density at radius 2 is 1.70 bits per heavy atom. The lowest BCUT2D eigenvalue weighted by atomic mass is 9.85. The number of hydrogen-bond donors (Lipinski definition) is 1. The summed E-state index contributed by atoms with van der Waals surface area (Å²) in [5, 5.41) is 2.84. The zero-order valence-corrected chi connectivity index (χ0v) is 13.7. The number of nitrogens with zero attached hydrogens (tertiary/aromatic N) is 2. The van der Waals surface area contributed by atoms with Crippen molar-refractivity contribution in [3.8, 4) is 0 Å². The smallest absolute Gasteiger partial charge is 0.253 e. The predicted molar refractivity (Wildman–Crippen MR) is 86.3 cm³/mol. The molecule has 1 fully saturated rings. The molecule has 6 nitrogen and oxygen atoms in total. The number of carbonyl (C=O) groups excluding carboxylic acids is 3. The number of fused-ring (bicyclic) bond motifs is 1. The quantitative estimate of drug-likeness (QED) is 0.847. The highest BCUT2D eigenvalue weighted by molar-refractivity contribution is 6.07. The number of carbonyl (C=O) groups is 3. The van der Waals surface area contributed by atoms with Gasteiger partial charge in [0.15, 0.2) is 0 Å². The number of piperazine rings is 1. The maximum Gasteiger partial charge on any atom is 0.253 e. The Morgan fingerprint density at radius 1 is 1.09 bits per heavy atom. The minimum atomic E-state index is -0.626. The van der Waals surface area contributed by atoms with Crippen molar-refractivity contribution in [3.05, 3.63) is 29.3 Å². The van der Waals surface area contributed by atoms with Crippen LogP contribution < -0.4 is 5.32 Å². The zero-order valence-electron chi connectivity index (χ0n) is 13.7. The lowest BCUT2D eigenvalue weighted by Gasteiger charge is -2.34. The number of amides is 3. The molecule has 0 bridgehead atoms. The second-order valence-electron chi connectivity index (χ2n) is 6.64. The van der Waals surface area contributed by atoms with E-state index in [4.69, 9.17) is 0 Å². The van der Waals surface area contributed by atoms with Gasteiger partial charge in [-0.05, 0) is 37.6 Å². The van der Waals surface area contributed by atoms with Crippen molar-refractivity contribution in [2.45, 2.75) is 26.2 Å². The largest absolute Gasteiger partial charge is 0.339 e. The van der Waals surface area contributed by atoms with Crippen molar-refractivity contribution in [3.63, 3.8) is 0 Å². The van der Waals surface area contributed by atoms with E-state index in [0.29, 0.717) is 31.7 Å². The summed E-state index contributed by atoms with van der Waals surface area (Å²) >= 11 is 0. The third kappa shape index (κ3) is 2.58. The van der Waals surface area contributed by atoms with Crippen LogP contribution in [0.2, 0.25) is 0 Å². The Bertz CT molecular complexity index is 688. The molecule has 6 heteroatoms. The van der Waals surface area contributed by atoms with Gasteiger partial charge in [0.05, 0.1) is 5.41 Å².